The molecule has 0 unspecified atom stereocenters. The van der Waals surface area contributed by atoms with Crippen LogP contribution in [-0.2, 0) is 0 Å². The number of allylic oxidation sites excluding steroid dienone is 1. The second kappa shape index (κ2) is 8.95. The third kappa shape index (κ3) is 4.55. The molecule has 0 aromatic heterocycles. The Morgan fingerprint density at radius 1 is 1.11 bits per heavy atom. The fourth-order valence-electron chi connectivity index (χ4n) is 2.99. The lowest BCUT2D eigenvalue weighted by molar-refractivity contribution is 0.222. The minimum Gasteiger partial charge on any atom is -0.490 e. The van der Waals surface area contributed by atoms with Gasteiger partial charge in [-0.25, -0.2) is 0 Å². The molecule has 0 heterocycles. The molecular weight excluding hydrogens is 414 g/mol. The van der Waals surface area contributed by atoms with Crippen LogP contribution in [0.4, 0.5) is 0 Å². The maximum Gasteiger partial charge on any atom is 0.175 e. The van der Waals surface area contributed by atoms with Gasteiger partial charge < -0.3 is 9.47 Å². The second-order valence-corrected chi connectivity index (χ2v) is 7.52. The molecule has 0 saturated carbocycles. The smallest absolute Gasteiger partial charge is 0.175 e. The van der Waals surface area contributed by atoms with Crippen LogP contribution >= 0.6 is 15.9 Å². The summed E-state index contributed by atoms with van der Waals surface area (Å²) < 4.78 is 12.5. The van der Waals surface area contributed by atoms with Crippen molar-refractivity contribution in [1.29, 1.82) is 5.26 Å². The zero-order valence-electron chi connectivity index (χ0n) is 16.2. The maximum atomic E-state index is 9.74. The number of nitrogens with zero attached hydrogens (tertiary/aromatic N) is 1. The normalized spacial score (nSPS) is 11.5. The Bertz CT molecular complexity index is 1060. The summed E-state index contributed by atoms with van der Waals surface area (Å²) in [5.41, 5.74) is 2.35. The summed E-state index contributed by atoms with van der Waals surface area (Å²) in [6.45, 7) is 6.42. The highest BCUT2D eigenvalue weighted by Gasteiger charge is 2.14. The SMILES string of the molecule is CCOc1cc(/C=C(/C#N)c2ccc3ccccc3c2)cc(Br)c1OC(C)C. The number of hydrogen-bond acceptors (Lipinski definition) is 3. The third-order valence-corrected chi connectivity index (χ3v) is 4.77. The van der Waals surface area contributed by atoms with Gasteiger partial charge in [0.1, 0.15) is 0 Å². The van der Waals surface area contributed by atoms with Gasteiger partial charge in [-0.2, -0.15) is 5.26 Å². The Labute approximate surface area is 174 Å². The van der Waals surface area contributed by atoms with Gasteiger partial charge in [-0.1, -0.05) is 36.4 Å². The number of halogens is 1. The van der Waals surface area contributed by atoms with Gasteiger partial charge in [0.05, 0.1) is 28.8 Å². The van der Waals surface area contributed by atoms with Gasteiger partial charge in [-0.05, 0) is 82.9 Å². The van der Waals surface area contributed by atoms with Crippen molar-refractivity contribution < 1.29 is 9.47 Å². The Morgan fingerprint density at radius 2 is 1.86 bits per heavy atom. The summed E-state index contributed by atoms with van der Waals surface area (Å²) in [5.74, 6) is 1.34. The highest BCUT2D eigenvalue weighted by atomic mass is 79.9. The molecule has 0 spiro atoms. The van der Waals surface area contributed by atoms with Crippen molar-refractivity contribution >= 4 is 38.4 Å². The van der Waals surface area contributed by atoms with Gasteiger partial charge in [-0.15, -0.1) is 0 Å². The number of fused-ring (bicyclic) bond motifs is 1. The van der Waals surface area contributed by atoms with E-state index in [0.717, 1.165) is 26.4 Å². The lowest BCUT2D eigenvalue weighted by Crippen LogP contribution is -2.08. The van der Waals surface area contributed by atoms with Crippen LogP contribution in [0.1, 0.15) is 31.9 Å². The third-order valence-electron chi connectivity index (χ3n) is 4.18. The monoisotopic (exact) mass is 435 g/mol. The number of ether oxygens (including phenoxy) is 2. The lowest BCUT2D eigenvalue weighted by atomic mass is 10.00. The first-order valence-electron chi connectivity index (χ1n) is 9.25. The molecule has 0 radical (unpaired) electrons. The van der Waals surface area contributed by atoms with Crippen molar-refractivity contribution in [3.8, 4) is 17.6 Å². The van der Waals surface area contributed by atoms with Crippen LogP contribution in [0.15, 0.2) is 59.1 Å². The Kier molecular flexibility index (Phi) is 6.38. The Balaban J connectivity index is 2.05. The number of hydrogen-bond donors (Lipinski definition) is 0. The van der Waals surface area contributed by atoms with Crippen LogP contribution in [0.5, 0.6) is 11.5 Å². The molecule has 142 valence electrons. The highest BCUT2D eigenvalue weighted by Crippen LogP contribution is 2.38. The van der Waals surface area contributed by atoms with Gasteiger partial charge in [0.25, 0.3) is 0 Å². The summed E-state index contributed by atoms with van der Waals surface area (Å²) in [5, 5.41) is 12.0. The minimum absolute atomic E-state index is 0.0316. The topological polar surface area (TPSA) is 42.2 Å². The number of nitriles is 1. The molecule has 0 amide bonds. The molecule has 3 rings (SSSR count). The van der Waals surface area contributed by atoms with E-state index in [9.17, 15) is 5.26 Å². The molecule has 0 aliphatic rings. The summed E-state index contributed by atoms with van der Waals surface area (Å²) in [6, 6.07) is 20.4. The van der Waals surface area contributed by atoms with Gasteiger partial charge in [0.15, 0.2) is 11.5 Å². The van der Waals surface area contributed by atoms with Crippen LogP contribution in [0, 0.1) is 11.3 Å². The first-order chi connectivity index (χ1) is 13.5. The predicted molar refractivity (Wildman–Crippen MR) is 119 cm³/mol. The fourth-order valence-corrected chi connectivity index (χ4v) is 3.54. The molecule has 3 nitrogen and oxygen atoms in total. The molecule has 0 aliphatic carbocycles. The summed E-state index contributed by atoms with van der Waals surface area (Å²) in [7, 11) is 0. The van der Waals surface area contributed by atoms with Gasteiger partial charge in [0.2, 0.25) is 0 Å². The molecule has 4 heteroatoms. The van der Waals surface area contributed by atoms with E-state index in [1.54, 1.807) is 0 Å². The molecule has 28 heavy (non-hydrogen) atoms. The molecule has 0 aliphatic heterocycles. The lowest BCUT2D eigenvalue weighted by Gasteiger charge is -2.17. The van der Waals surface area contributed by atoms with E-state index < -0.39 is 0 Å². The highest BCUT2D eigenvalue weighted by molar-refractivity contribution is 9.10. The molecule has 0 saturated heterocycles. The molecule has 0 N–H and O–H groups in total. The van der Waals surface area contributed by atoms with Crippen molar-refractivity contribution in [1.82, 2.24) is 0 Å². The van der Waals surface area contributed by atoms with E-state index in [-0.39, 0.29) is 6.10 Å². The molecule has 3 aromatic carbocycles. The number of benzene rings is 3. The first-order valence-corrected chi connectivity index (χ1v) is 10.0. The summed E-state index contributed by atoms with van der Waals surface area (Å²) >= 11 is 3.58. The van der Waals surface area contributed by atoms with Crippen LogP contribution in [0.25, 0.3) is 22.4 Å². The predicted octanol–water partition coefficient (Wildman–Crippen LogP) is 6.85. The van der Waals surface area contributed by atoms with Gasteiger partial charge in [-0.3, -0.25) is 0 Å². The minimum atomic E-state index is 0.0316. The average molecular weight is 436 g/mol. The van der Waals surface area contributed by atoms with E-state index >= 15 is 0 Å². The van der Waals surface area contributed by atoms with Crippen molar-refractivity contribution in [2.24, 2.45) is 0 Å². The fraction of sp³-hybridized carbons (Fsp3) is 0.208. The summed E-state index contributed by atoms with van der Waals surface area (Å²) in [4.78, 5) is 0. The van der Waals surface area contributed by atoms with Crippen LogP contribution in [0.2, 0.25) is 0 Å². The van der Waals surface area contributed by atoms with Crippen LogP contribution in [-0.4, -0.2) is 12.7 Å². The Hall–Kier alpha value is -2.77. The van der Waals surface area contributed by atoms with Crippen LogP contribution in [0.3, 0.4) is 0 Å². The van der Waals surface area contributed by atoms with E-state index in [0.29, 0.717) is 23.7 Å². The standard InChI is InChI=1S/C24H22BrNO2/c1-4-27-23-13-17(12-22(25)24(23)28-16(2)3)11-21(15-26)20-10-9-18-7-5-6-8-19(18)14-20/h5-14,16H,4H2,1-3H3/b21-11-. The first kappa shape index (κ1) is 20.0. The maximum absolute atomic E-state index is 9.74. The van der Waals surface area contributed by atoms with E-state index in [1.807, 2.05) is 69.3 Å². The van der Waals surface area contributed by atoms with Gasteiger partial charge in [0, 0.05) is 0 Å². The van der Waals surface area contributed by atoms with E-state index in [1.165, 1.54) is 0 Å². The van der Waals surface area contributed by atoms with Crippen LogP contribution < -0.4 is 9.47 Å². The summed E-state index contributed by atoms with van der Waals surface area (Å²) in [6.07, 6.45) is 1.90. The van der Waals surface area contributed by atoms with E-state index in [2.05, 4.69) is 34.1 Å². The molecule has 0 fully saturated rings. The quantitative estimate of drug-likeness (QED) is 0.313. The molecule has 3 aromatic rings. The Morgan fingerprint density at radius 3 is 2.54 bits per heavy atom. The second-order valence-electron chi connectivity index (χ2n) is 6.66. The molecular formula is C24H22BrNO2. The molecule has 0 atom stereocenters. The van der Waals surface area contributed by atoms with Crippen molar-refractivity contribution in [2.45, 2.75) is 26.9 Å². The van der Waals surface area contributed by atoms with Crippen molar-refractivity contribution in [3.63, 3.8) is 0 Å². The van der Waals surface area contributed by atoms with E-state index in [4.69, 9.17) is 9.47 Å². The zero-order chi connectivity index (χ0) is 20.1. The van der Waals surface area contributed by atoms with Gasteiger partial charge >= 0.3 is 0 Å². The average Bonchev–Trinajstić information content (AvgIpc) is 2.68. The zero-order valence-corrected chi connectivity index (χ0v) is 17.8. The number of rotatable bonds is 6. The van der Waals surface area contributed by atoms with Crippen molar-refractivity contribution in [3.05, 3.63) is 70.2 Å². The molecule has 0 bridgehead atoms. The largest absolute Gasteiger partial charge is 0.490 e. The van der Waals surface area contributed by atoms with Crippen molar-refractivity contribution in [2.75, 3.05) is 6.61 Å².